The molecule has 17 heavy (non-hydrogen) atoms. The van der Waals surface area contributed by atoms with E-state index in [-0.39, 0.29) is 10.6 Å². The van der Waals surface area contributed by atoms with E-state index in [4.69, 9.17) is 0 Å². The van der Waals surface area contributed by atoms with Gasteiger partial charge in [-0.2, -0.15) is 0 Å². The molecule has 1 saturated heterocycles. The van der Waals surface area contributed by atoms with Crippen LogP contribution in [0.1, 0.15) is 24.8 Å². The summed E-state index contributed by atoms with van der Waals surface area (Å²) in [5.74, 6) is 0. The van der Waals surface area contributed by atoms with Crippen molar-refractivity contribution in [2.45, 2.75) is 19.3 Å². The zero-order valence-electron chi connectivity index (χ0n) is 9.76. The molecule has 0 radical (unpaired) electrons. The van der Waals surface area contributed by atoms with Gasteiger partial charge in [0.2, 0.25) is 0 Å². The number of hydrogen-bond acceptors (Lipinski definition) is 3. The number of nitro groups is 1. The predicted octanol–water partition coefficient (Wildman–Crippen LogP) is 3.23. The third-order valence-corrected chi connectivity index (χ3v) is 3.15. The van der Waals surface area contributed by atoms with E-state index in [1.54, 1.807) is 12.1 Å². The fourth-order valence-corrected chi connectivity index (χ4v) is 2.21. The molecule has 2 rings (SSSR count). The zero-order chi connectivity index (χ0) is 12.3. The van der Waals surface area contributed by atoms with Crippen LogP contribution in [-0.4, -0.2) is 18.0 Å². The maximum absolute atomic E-state index is 11.0. The van der Waals surface area contributed by atoms with Gasteiger partial charge in [0, 0.05) is 24.8 Å². The fraction of sp³-hybridized carbons (Fsp3) is 0.385. The van der Waals surface area contributed by atoms with Crippen molar-refractivity contribution in [2.75, 3.05) is 18.0 Å². The molecule has 90 valence electrons. The monoisotopic (exact) mass is 232 g/mol. The van der Waals surface area contributed by atoms with Crippen LogP contribution in [0, 0.1) is 10.1 Å². The lowest BCUT2D eigenvalue weighted by atomic mass is 10.1. The Hall–Kier alpha value is -1.84. The number of anilines is 1. The van der Waals surface area contributed by atoms with Crippen molar-refractivity contribution in [3.8, 4) is 0 Å². The van der Waals surface area contributed by atoms with Gasteiger partial charge in [0.25, 0.3) is 5.69 Å². The molecule has 4 nitrogen and oxygen atoms in total. The second-order valence-corrected chi connectivity index (χ2v) is 4.25. The lowest BCUT2D eigenvalue weighted by molar-refractivity contribution is -0.385. The van der Waals surface area contributed by atoms with Gasteiger partial charge >= 0.3 is 0 Å². The van der Waals surface area contributed by atoms with Crippen LogP contribution >= 0.6 is 0 Å². The first-order valence-electron chi connectivity index (χ1n) is 5.88. The van der Waals surface area contributed by atoms with Gasteiger partial charge in [0.05, 0.1) is 10.5 Å². The summed E-state index contributed by atoms with van der Waals surface area (Å²) in [5, 5.41) is 11.0. The minimum Gasteiger partial charge on any atom is -0.371 e. The van der Waals surface area contributed by atoms with Crippen LogP contribution in [0.2, 0.25) is 0 Å². The molecule has 0 aromatic heterocycles. The number of nitro benzene ring substituents is 1. The SMILES string of the molecule is C=Cc1ccc(N2CCCCC2)cc1[N+](=O)[O-]. The quantitative estimate of drug-likeness (QED) is 0.593. The summed E-state index contributed by atoms with van der Waals surface area (Å²) < 4.78 is 0. The van der Waals surface area contributed by atoms with E-state index >= 15 is 0 Å². The van der Waals surface area contributed by atoms with Gasteiger partial charge < -0.3 is 4.90 Å². The molecule has 0 N–H and O–H groups in total. The van der Waals surface area contributed by atoms with Gasteiger partial charge in [-0.1, -0.05) is 12.7 Å². The standard InChI is InChI=1S/C13H16N2O2/c1-2-11-6-7-12(10-13(11)15(16)17)14-8-4-3-5-9-14/h2,6-7,10H,1,3-5,8-9H2. The van der Waals surface area contributed by atoms with Gasteiger partial charge in [-0.25, -0.2) is 0 Å². The Labute approximate surface area is 101 Å². The van der Waals surface area contributed by atoms with Gasteiger partial charge in [-0.05, 0) is 31.4 Å². The van der Waals surface area contributed by atoms with E-state index in [0.29, 0.717) is 5.56 Å². The molecule has 1 fully saturated rings. The lowest BCUT2D eigenvalue weighted by Gasteiger charge is -2.28. The molecule has 4 heteroatoms. The first-order chi connectivity index (χ1) is 8.22. The molecule has 1 heterocycles. The summed E-state index contributed by atoms with van der Waals surface area (Å²) in [4.78, 5) is 12.8. The minimum absolute atomic E-state index is 0.142. The summed E-state index contributed by atoms with van der Waals surface area (Å²) in [6.07, 6.45) is 5.11. The molecule has 0 bridgehead atoms. The average Bonchev–Trinajstić information content (AvgIpc) is 2.39. The normalized spacial score (nSPS) is 15.6. The van der Waals surface area contributed by atoms with Crippen molar-refractivity contribution in [1.29, 1.82) is 0 Å². The van der Waals surface area contributed by atoms with Gasteiger partial charge in [-0.3, -0.25) is 10.1 Å². The molecule has 0 atom stereocenters. The molecular formula is C13H16N2O2. The number of rotatable bonds is 3. The Balaban J connectivity index is 2.32. The van der Waals surface area contributed by atoms with Crippen molar-refractivity contribution >= 4 is 17.5 Å². The summed E-state index contributed by atoms with van der Waals surface area (Å²) in [6.45, 7) is 5.58. The second-order valence-electron chi connectivity index (χ2n) is 4.25. The molecule has 0 aliphatic carbocycles. The van der Waals surface area contributed by atoms with Crippen LogP contribution in [0.4, 0.5) is 11.4 Å². The van der Waals surface area contributed by atoms with Crippen molar-refractivity contribution in [2.24, 2.45) is 0 Å². The second kappa shape index (κ2) is 4.99. The molecule has 1 aromatic carbocycles. The van der Waals surface area contributed by atoms with Crippen molar-refractivity contribution in [1.82, 2.24) is 0 Å². The highest BCUT2D eigenvalue weighted by molar-refractivity contribution is 5.66. The van der Waals surface area contributed by atoms with Crippen LogP contribution in [0.5, 0.6) is 0 Å². The molecule has 1 aliphatic heterocycles. The summed E-state index contributed by atoms with van der Waals surface area (Å²) in [7, 11) is 0. The van der Waals surface area contributed by atoms with Crippen LogP contribution in [0.3, 0.4) is 0 Å². The summed E-state index contributed by atoms with van der Waals surface area (Å²) >= 11 is 0. The van der Waals surface area contributed by atoms with Crippen molar-refractivity contribution < 1.29 is 4.92 Å². The summed E-state index contributed by atoms with van der Waals surface area (Å²) in [5.41, 5.74) is 1.67. The average molecular weight is 232 g/mol. The van der Waals surface area contributed by atoms with Gasteiger partial charge in [-0.15, -0.1) is 0 Å². The van der Waals surface area contributed by atoms with E-state index in [1.807, 2.05) is 6.07 Å². The highest BCUT2D eigenvalue weighted by Crippen LogP contribution is 2.28. The number of nitrogens with zero attached hydrogens (tertiary/aromatic N) is 2. The van der Waals surface area contributed by atoms with Gasteiger partial charge in [0.1, 0.15) is 0 Å². The van der Waals surface area contributed by atoms with Crippen LogP contribution in [0.25, 0.3) is 6.08 Å². The van der Waals surface area contributed by atoms with Crippen molar-refractivity contribution in [3.63, 3.8) is 0 Å². The van der Waals surface area contributed by atoms with E-state index in [0.717, 1.165) is 31.6 Å². The molecule has 0 amide bonds. The Morgan fingerprint density at radius 2 is 2.00 bits per heavy atom. The molecule has 0 saturated carbocycles. The molecule has 0 spiro atoms. The van der Waals surface area contributed by atoms with Gasteiger partial charge in [0.15, 0.2) is 0 Å². The largest absolute Gasteiger partial charge is 0.371 e. The highest BCUT2D eigenvalue weighted by atomic mass is 16.6. The van der Waals surface area contributed by atoms with E-state index < -0.39 is 0 Å². The van der Waals surface area contributed by atoms with Crippen molar-refractivity contribution in [3.05, 3.63) is 40.5 Å². The Kier molecular flexibility index (Phi) is 3.42. The van der Waals surface area contributed by atoms with Crippen LogP contribution in [-0.2, 0) is 0 Å². The topological polar surface area (TPSA) is 46.4 Å². The smallest absolute Gasteiger partial charge is 0.278 e. The first-order valence-corrected chi connectivity index (χ1v) is 5.88. The number of hydrogen-bond donors (Lipinski definition) is 0. The lowest BCUT2D eigenvalue weighted by Crippen LogP contribution is -2.29. The zero-order valence-corrected chi connectivity index (χ0v) is 9.76. The Bertz CT molecular complexity index is 437. The van der Waals surface area contributed by atoms with Crippen LogP contribution < -0.4 is 4.90 Å². The fourth-order valence-electron chi connectivity index (χ4n) is 2.21. The maximum Gasteiger partial charge on any atom is 0.278 e. The Morgan fingerprint density at radius 1 is 1.29 bits per heavy atom. The minimum atomic E-state index is -0.343. The maximum atomic E-state index is 11.0. The van der Waals surface area contributed by atoms with Crippen LogP contribution in [0.15, 0.2) is 24.8 Å². The third kappa shape index (κ3) is 2.46. The Morgan fingerprint density at radius 3 is 2.59 bits per heavy atom. The third-order valence-electron chi connectivity index (χ3n) is 3.15. The molecule has 0 unspecified atom stereocenters. The van der Waals surface area contributed by atoms with E-state index in [1.165, 1.54) is 12.5 Å². The first kappa shape index (κ1) is 11.6. The van der Waals surface area contributed by atoms with E-state index in [2.05, 4.69) is 11.5 Å². The molecule has 1 aromatic rings. The summed E-state index contributed by atoms with van der Waals surface area (Å²) in [6, 6.07) is 5.37. The number of piperidine rings is 1. The molecule has 1 aliphatic rings. The highest BCUT2D eigenvalue weighted by Gasteiger charge is 2.16. The number of benzene rings is 1. The predicted molar refractivity (Wildman–Crippen MR) is 69.3 cm³/mol. The molecular weight excluding hydrogens is 216 g/mol. The van der Waals surface area contributed by atoms with E-state index in [9.17, 15) is 10.1 Å².